The van der Waals surface area contributed by atoms with Crippen LogP contribution in [0.5, 0.6) is 0 Å². The molecular formula is C11H6F3NO2. The minimum atomic E-state index is -4.64. The topological polar surface area (TPSA) is 61.1 Å². The van der Waals surface area contributed by atoms with Gasteiger partial charge in [-0.3, -0.25) is 0 Å². The van der Waals surface area contributed by atoms with Gasteiger partial charge in [0.1, 0.15) is 6.07 Å². The van der Waals surface area contributed by atoms with Crippen molar-refractivity contribution < 1.29 is 23.1 Å². The molecule has 0 amide bonds. The average molecular weight is 241 g/mol. The minimum Gasteiger partial charge on any atom is -0.478 e. The van der Waals surface area contributed by atoms with E-state index >= 15 is 0 Å². The van der Waals surface area contributed by atoms with Crippen molar-refractivity contribution in [3.05, 3.63) is 41.0 Å². The summed E-state index contributed by atoms with van der Waals surface area (Å²) in [4.78, 5) is 10.3. The smallest absolute Gasteiger partial charge is 0.417 e. The SMILES string of the molecule is N#Cc1c(/C=C/C(=O)O)cccc1C(F)(F)F. The van der Waals surface area contributed by atoms with Gasteiger partial charge in [0.25, 0.3) is 0 Å². The van der Waals surface area contributed by atoms with Crippen LogP contribution >= 0.6 is 0 Å². The summed E-state index contributed by atoms with van der Waals surface area (Å²) in [5.74, 6) is -1.30. The Morgan fingerprint density at radius 1 is 1.41 bits per heavy atom. The van der Waals surface area contributed by atoms with Gasteiger partial charge in [0.05, 0.1) is 11.1 Å². The number of hydrogen-bond acceptors (Lipinski definition) is 2. The molecule has 1 rings (SSSR count). The van der Waals surface area contributed by atoms with Crippen molar-refractivity contribution in [1.29, 1.82) is 5.26 Å². The number of rotatable bonds is 2. The molecule has 0 aromatic heterocycles. The van der Waals surface area contributed by atoms with Crippen molar-refractivity contribution in [1.82, 2.24) is 0 Å². The summed E-state index contributed by atoms with van der Waals surface area (Å²) >= 11 is 0. The van der Waals surface area contributed by atoms with E-state index < -0.39 is 23.3 Å². The molecule has 0 unspecified atom stereocenters. The van der Waals surface area contributed by atoms with Gasteiger partial charge in [0.15, 0.2) is 0 Å². The molecule has 88 valence electrons. The number of nitriles is 1. The van der Waals surface area contributed by atoms with E-state index in [-0.39, 0.29) is 5.56 Å². The fraction of sp³-hybridized carbons (Fsp3) is 0.0909. The van der Waals surface area contributed by atoms with Gasteiger partial charge in [0.2, 0.25) is 0 Å². The zero-order chi connectivity index (χ0) is 13.1. The van der Waals surface area contributed by atoms with Gasteiger partial charge >= 0.3 is 12.1 Å². The van der Waals surface area contributed by atoms with Crippen molar-refractivity contribution in [2.24, 2.45) is 0 Å². The lowest BCUT2D eigenvalue weighted by molar-refractivity contribution is -0.137. The second-order valence-corrected chi connectivity index (χ2v) is 3.05. The summed E-state index contributed by atoms with van der Waals surface area (Å²) in [6, 6.07) is 4.56. The highest BCUT2D eigenvalue weighted by Gasteiger charge is 2.34. The lowest BCUT2D eigenvalue weighted by atomic mass is 10.0. The molecule has 1 aromatic rings. The highest BCUT2D eigenvalue weighted by molar-refractivity contribution is 5.86. The number of carboxylic acid groups (broad SMARTS) is 1. The molecule has 1 aromatic carbocycles. The largest absolute Gasteiger partial charge is 0.478 e. The van der Waals surface area contributed by atoms with Crippen molar-refractivity contribution in [3.63, 3.8) is 0 Å². The van der Waals surface area contributed by atoms with E-state index in [0.29, 0.717) is 6.08 Å². The van der Waals surface area contributed by atoms with Gasteiger partial charge in [-0.15, -0.1) is 0 Å². The Morgan fingerprint density at radius 3 is 2.53 bits per heavy atom. The van der Waals surface area contributed by atoms with Crippen LogP contribution in [0.25, 0.3) is 6.08 Å². The molecule has 0 atom stereocenters. The third kappa shape index (κ3) is 3.08. The second kappa shape index (κ2) is 4.70. The number of alkyl halides is 3. The van der Waals surface area contributed by atoms with Gasteiger partial charge in [-0.25, -0.2) is 4.79 Å². The monoisotopic (exact) mass is 241 g/mol. The number of benzene rings is 1. The maximum Gasteiger partial charge on any atom is 0.417 e. The summed E-state index contributed by atoms with van der Waals surface area (Å²) in [6.45, 7) is 0. The second-order valence-electron chi connectivity index (χ2n) is 3.05. The van der Waals surface area contributed by atoms with Crippen LogP contribution in [0.3, 0.4) is 0 Å². The Bertz CT molecular complexity index is 512. The molecule has 0 heterocycles. The molecule has 0 spiro atoms. The number of hydrogen-bond donors (Lipinski definition) is 1. The molecule has 0 aliphatic heterocycles. The van der Waals surface area contributed by atoms with Gasteiger partial charge in [0, 0.05) is 6.08 Å². The Labute approximate surface area is 94.4 Å². The van der Waals surface area contributed by atoms with Crippen LogP contribution in [0.2, 0.25) is 0 Å². The molecule has 0 radical (unpaired) electrons. The van der Waals surface area contributed by atoms with Gasteiger partial charge in [-0.05, 0) is 17.7 Å². The van der Waals surface area contributed by atoms with Crippen LogP contribution in [0.4, 0.5) is 13.2 Å². The predicted octanol–water partition coefficient (Wildman–Crippen LogP) is 2.67. The Kier molecular flexibility index (Phi) is 3.53. The third-order valence-electron chi connectivity index (χ3n) is 1.92. The lowest BCUT2D eigenvalue weighted by Gasteiger charge is -2.09. The number of nitrogens with zero attached hydrogens (tertiary/aromatic N) is 1. The summed E-state index contributed by atoms with van der Waals surface area (Å²) in [6.07, 6.45) is -3.01. The van der Waals surface area contributed by atoms with E-state index in [4.69, 9.17) is 10.4 Å². The first-order valence-corrected chi connectivity index (χ1v) is 4.37. The first-order chi connectivity index (χ1) is 7.86. The molecule has 6 heteroatoms. The number of carboxylic acids is 1. The molecule has 0 bridgehead atoms. The maximum absolute atomic E-state index is 12.5. The minimum absolute atomic E-state index is 0.0790. The van der Waals surface area contributed by atoms with Crippen molar-refractivity contribution in [3.8, 4) is 6.07 Å². The van der Waals surface area contributed by atoms with E-state index in [1.54, 1.807) is 0 Å². The quantitative estimate of drug-likeness (QED) is 0.809. The van der Waals surface area contributed by atoms with Crippen LogP contribution in [-0.4, -0.2) is 11.1 Å². The fourth-order valence-electron chi connectivity index (χ4n) is 1.23. The van der Waals surface area contributed by atoms with Gasteiger partial charge < -0.3 is 5.11 Å². The Balaban J connectivity index is 3.35. The molecule has 3 nitrogen and oxygen atoms in total. The van der Waals surface area contributed by atoms with Crippen molar-refractivity contribution in [2.45, 2.75) is 6.18 Å². The molecule has 0 aliphatic carbocycles. The van der Waals surface area contributed by atoms with E-state index in [2.05, 4.69) is 0 Å². The molecular weight excluding hydrogens is 235 g/mol. The van der Waals surface area contributed by atoms with Crippen molar-refractivity contribution in [2.75, 3.05) is 0 Å². The normalized spacial score (nSPS) is 11.4. The van der Waals surface area contributed by atoms with Crippen LogP contribution in [-0.2, 0) is 11.0 Å². The first-order valence-electron chi connectivity index (χ1n) is 4.37. The zero-order valence-electron chi connectivity index (χ0n) is 8.32. The molecule has 17 heavy (non-hydrogen) atoms. The van der Waals surface area contributed by atoms with Crippen LogP contribution in [0, 0.1) is 11.3 Å². The standard InChI is InChI=1S/C11H6F3NO2/c12-11(13,14)9-3-1-2-7(8(9)6-15)4-5-10(16)17/h1-5H,(H,16,17)/b5-4+. The molecule has 0 fully saturated rings. The molecule has 0 saturated heterocycles. The van der Waals surface area contributed by atoms with Crippen LogP contribution < -0.4 is 0 Å². The average Bonchev–Trinajstić information content (AvgIpc) is 2.24. The predicted molar refractivity (Wildman–Crippen MR) is 52.8 cm³/mol. The van der Waals surface area contributed by atoms with Gasteiger partial charge in [-0.2, -0.15) is 18.4 Å². The summed E-state index contributed by atoms with van der Waals surface area (Å²) in [5.41, 5.74) is -1.74. The number of aliphatic carboxylic acids is 1. The zero-order valence-corrected chi connectivity index (χ0v) is 8.32. The third-order valence-corrected chi connectivity index (χ3v) is 1.92. The van der Waals surface area contributed by atoms with E-state index in [0.717, 1.165) is 18.2 Å². The maximum atomic E-state index is 12.5. The van der Waals surface area contributed by atoms with E-state index in [9.17, 15) is 18.0 Å². The summed E-state index contributed by atoms with van der Waals surface area (Å²) in [5, 5.41) is 17.1. The number of carbonyl (C=O) groups is 1. The van der Waals surface area contributed by atoms with E-state index in [1.165, 1.54) is 12.1 Å². The highest BCUT2D eigenvalue weighted by atomic mass is 19.4. The van der Waals surface area contributed by atoms with Crippen LogP contribution in [0.15, 0.2) is 24.3 Å². The number of halogens is 3. The highest BCUT2D eigenvalue weighted by Crippen LogP contribution is 2.33. The summed E-state index contributed by atoms with van der Waals surface area (Å²) in [7, 11) is 0. The molecule has 0 aliphatic rings. The van der Waals surface area contributed by atoms with E-state index in [1.807, 2.05) is 0 Å². The fourth-order valence-corrected chi connectivity index (χ4v) is 1.23. The lowest BCUT2D eigenvalue weighted by Crippen LogP contribution is -2.08. The first kappa shape index (κ1) is 12.8. The molecule has 0 saturated carbocycles. The van der Waals surface area contributed by atoms with Gasteiger partial charge in [-0.1, -0.05) is 12.1 Å². The Hall–Kier alpha value is -2.29. The summed E-state index contributed by atoms with van der Waals surface area (Å²) < 4.78 is 37.6. The molecule has 1 N–H and O–H groups in total. The Morgan fingerprint density at radius 2 is 2.06 bits per heavy atom. The van der Waals surface area contributed by atoms with Crippen LogP contribution in [0.1, 0.15) is 16.7 Å². The van der Waals surface area contributed by atoms with Crippen molar-refractivity contribution >= 4 is 12.0 Å².